The summed E-state index contributed by atoms with van der Waals surface area (Å²) in [4.78, 5) is 22.4. The maximum atomic E-state index is 11.5. The van der Waals surface area contributed by atoms with E-state index < -0.39 is 11.9 Å². The fourth-order valence-corrected chi connectivity index (χ4v) is 1.93. The number of carbonyl (C=O) groups is 2. The van der Waals surface area contributed by atoms with Crippen LogP contribution >= 0.6 is 11.6 Å². The summed E-state index contributed by atoms with van der Waals surface area (Å²) < 4.78 is 10.0. The predicted molar refractivity (Wildman–Crippen MR) is 83.2 cm³/mol. The number of ether oxygens (including phenoxy) is 1. The summed E-state index contributed by atoms with van der Waals surface area (Å²) in [6.45, 7) is -0.178. The minimum absolute atomic E-state index is 0.178. The molecular formula is C16H14ClNO4. The lowest BCUT2D eigenvalue weighted by Crippen LogP contribution is -2.28. The minimum atomic E-state index is -0.513. The van der Waals surface area contributed by atoms with Gasteiger partial charge in [0.25, 0.3) is 0 Å². The zero-order valence-corrected chi connectivity index (χ0v) is 12.6. The molecule has 0 aliphatic carbocycles. The third-order valence-electron chi connectivity index (χ3n) is 2.80. The van der Waals surface area contributed by atoms with Gasteiger partial charge in [-0.15, -0.1) is 0 Å². The monoisotopic (exact) mass is 319 g/mol. The van der Waals surface area contributed by atoms with E-state index in [2.05, 4.69) is 10.1 Å². The SMILES string of the molecule is COC(=O)CNC(=O)/C=C/c1ccc(-c2ccccc2Cl)o1. The van der Waals surface area contributed by atoms with Crippen molar-refractivity contribution >= 4 is 29.6 Å². The van der Waals surface area contributed by atoms with Gasteiger partial charge in [-0.25, -0.2) is 0 Å². The lowest BCUT2D eigenvalue weighted by molar-refractivity contribution is -0.140. The van der Waals surface area contributed by atoms with Gasteiger partial charge in [0, 0.05) is 11.6 Å². The highest BCUT2D eigenvalue weighted by molar-refractivity contribution is 6.33. The van der Waals surface area contributed by atoms with Gasteiger partial charge in [0.15, 0.2) is 0 Å². The Morgan fingerprint density at radius 3 is 2.77 bits per heavy atom. The van der Waals surface area contributed by atoms with Crippen LogP contribution in [0.25, 0.3) is 17.4 Å². The van der Waals surface area contributed by atoms with E-state index in [1.54, 1.807) is 18.2 Å². The number of benzene rings is 1. The lowest BCUT2D eigenvalue weighted by atomic mass is 10.2. The summed E-state index contributed by atoms with van der Waals surface area (Å²) in [5.41, 5.74) is 0.777. The van der Waals surface area contributed by atoms with Crippen LogP contribution in [0.2, 0.25) is 5.02 Å². The normalized spacial score (nSPS) is 10.6. The Balaban J connectivity index is 2.00. The Morgan fingerprint density at radius 1 is 1.27 bits per heavy atom. The molecule has 0 atom stereocenters. The maximum absolute atomic E-state index is 11.5. The van der Waals surface area contributed by atoms with Crippen LogP contribution in [-0.4, -0.2) is 25.5 Å². The second-order valence-corrected chi connectivity index (χ2v) is 4.72. The Labute approximate surface area is 132 Å². The van der Waals surface area contributed by atoms with Crippen molar-refractivity contribution in [1.29, 1.82) is 0 Å². The molecule has 6 heteroatoms. The van der Waals surface area contributed by atoms with E-state index in [0.717, 1.165) is 5.56 Å². The van der Waals surface area contributed by atoms with Crippen molar-refractivity contribution in [2.24, 2.45) is 0 Å². The summed E-state index contributed by atoms with van der Waals surface area (Å²) in [5.74, 6) is 0.185. The van der Waals surface area contributed by atoms with Crippen LogP contribution < -0.4 is 5.32 Å². The fourth-order valence-electron chi connectivity index (χ4n) is 1.70. The van der Waals surface area contributed by atoms with Crippen molar-refractivity contribution in [1.82, 2.24) is 5.32 Å². The average Bonchev–Trinajstić information content (AvgIpc) is 2.99. The lowest BCUT2D eigenvalue weighted by Gasteiger charge is -1.99. The van der Waals surface area contributed by atoms with Crippen LogP contribution in [0.5, 0.6) is 0 Å². The number of hydrogen-bond donors (Lipinski definition) is 1. The van der Waals surface area contributed by atoms with Crippen molar-refractivity contribution in [3.8, 4) is 11.3 Å². The molecule has 114 valence electrons. The largest absolute Gasteiger partial charge is 0.468 e. The zero-order chi connectivity index (χ0) is 15.9. The van der Waals surface area contributed by atoms with E-state index in [9.17, 15) is 9.59 Å². The molecule has 1 amide bonds. The van der Waals surface area contributed by atoms with Gasteiger partial charge in [0.1, 0.15) is 18.1 Å². The number of methoxy groups -OCH3 is 1. The zero-order valence-electron chi connectivity index (χ0n) is 11.8. The molecule has 0 radical (unpaired) electrons. The fraction of sp³-hybridized carbons (Fsp3) is 0.125. The molecule has 0 aliphatic rings. The number of furan rings is 1. The molecule has 5 nitrogen and oxygen atoms in total. The molecule has 0 spiro atoms. The molecule has 0 saturated carbocycles. The van der Waals surface area contributed by atoms with Crippen molar-refractivity contribution in [2.45, 2.75) is 0 Å². The van der Waals surface area contributed by atoms with E-state index in [4.69, 9.17) is 16.0 Å². The molecule has 1 N–H and O–H groups in total. The molecule has 1 aromatic heterocycles. The number of hydrogen-bond acceptors (Lipinski definition) is 4. The van der Waals surface area contributed by atoms with E-state index in [0.29, 0.717) is 16.5 Å². The Morgan fingerprint density at radius 2 is 2.05 bits per heavy atom. The Bertz CT molecular complexity index is 706. The Kier molecular flexibility index (Phi) is 5.38. The molecule has 1 aromatic carbocycles. The molecule has 2 aromatic rings. The Hall–Kier alpha value is -2.53. The number of rotatable bonds is 5. The summed E-state index contributed by atoms with van der Waals surface area (Å²) in [7, 11) is 1.25. The third-order valence-corrected chi connectivity index (χ3v) is 3.13. The average molecular weight is 320 g/mol. The number of carbonyl (C=O) groups excluding carboxylic acids is 2. The van der Waals surface area contributed by atoms with Crippen molar-refractivity contribution in [2.75, 3.05) is 13.7 Å². The van der Waals surface area contributed by atoms with E-state index in [1.807, 2.05) is 18.2 Å². The number of amides is 1. The molecule has 1 heterocycles. The molecule has 0 aliphatic heterocycles. The smallest absolute Gasteiger partial charge is 0.325 e. The highest BCUT2D eigenvalue weighted by Crippen LogP contribution is 2.29. The van der Waals surface area contributed by atoms with Gasteiger partial charge in [-0.2, -0.15) is 0 Å². The van der Waals surface area contributed by atoms with Gasteiger partial charge in [-0.05, 0) is 30.3 Å². The highest BCUT2D eigenvalue weighted by Gasteiger charge is 2.07. The second kappa shape index (κ2) is 7.47. The first-order chi connectivity index (χ1) is 10.6. The quantitative estimate of drug-likeness (QED) is 0.679. The van der Waals surface area contributed by atoms with Gasteiger partial charge in [0.2, 0.25) is 5.91 Å². The topological polar surface area (TPSA) is 68.5 Å². The van der Waals surface area contributed by atoms with Crippen LogP contribution in [0.1, 0.15) is 5.76 Å². The summed E-state index contributed by atoms with van der Waals surface area (Å²) >= 11 is 6.09. The van der Waals surface area contributed by atoms with Gasteiger partial charge in [0.05, 0.1) is 12.1 Å². The molecule has 0 bridgehead atoms. The standard InChI is InChI=1S/C16H14ClNO4/c1-21-16(20)10-18-15(19)9-7-11-6-8-14(22-11)12-4-2-3-5-13(12)17/h2-9H,10H2,1H3,(H,18,19)/b9-7+. The number of esters is 1. The van der Waals surface area contributed by atoms with Gasteiger partial charge >= 0.3 is 5.97 Å². The first kappa shape index (κ1) is 15.9. The van der Waals surface area contributed by atoms with Gasteiger partial charge < -0.3 is 14.5 Å². The highest BCUT2D eigenvalue weighted by atomic mass is 35.5. The first-order valence-electron chi connectivity index (χ1n) is 6.47. The second-order valence-electron chi connectivity index (χ2n) is 4.31. The molecule has 0 fully saturated rings. The summed E-state index contributed by atoms with van der Waals surface area (Å²) in [6.07, 6.45) is 2.78. The summed E-state index contributed by atoms with van der Waals surface area (Å²) in [5, 5.41) is 2.97. The van der Waals surface area contributed by atoms with Crippen LogP contribution in [-0.2, 0) is 14.3 Å². The van der Waals surface area contributed by atoms with Gasteiger partial charge in [-0.1, -0.05) is 23.7 Å². The summed E-state index contributed by atoms with van der Waals surface area (Å²) in [6, 6.07) is 10.8. The number of halogens is 1. The molecule has 0 unspecified atom stereocenters. The van der Waals surface area contributed by atoms with Crippen molar-refractivity contribution in [3.63, 3.8) is 0 Å². The maximum Gasteiger partial charge on any atom is 0.325 e. The molecular weight excluding hydrogens is 306 g/mol. The van der Waals surface area contributed by atoms with Crippen LogP contribution in [0.4, 0.5) is 0 Å². The van der Waals surface area contributed by atoms with Crippen LogP contribution in [0.3, 0.4) is 0 Å². The van der Waals surface area contributed by atoms with E-state index in [1.165, 1.54) is 19.3 Å². The molecule has 22 heavy (non-hydrogen) atoms. The van der Waals surface area contributed by atoms with Crippen LogP contribution in [0.15, 0.2) is 46.9 Å². The number of nitrogens with one attached hydrogen (secondary N) is 1. The van der Waals surface area contributed by atoms with Gasteiger partial charge in [-0.3, -0.25) is 9.59 Å². The van der Waals surface area contributed by atoms with E-state index >= 15 is 0 Å². The van der Waals surface area contributed by atoms with Crippen molar-refractivity contribution in [3.05, 3.63) is 53.3 Å². The first-order valence-corrected chi connectivity index (χ1v) is 6.85. The third kappa shape index (κ3) is 4.23. The van der Waals surface area contributed by atoms with Crippen molar-refractivity contribution < 1.29 is 18.7 Å². The molecule has 0 saturated heterocycles. The van der Waals surface area contributed by atoms with E-state index in [-0.39, 0.29) is 6.54 Å². The minimum Gasteiger partial charge on any atom is -0.468 e. The van der Waals surface area contributed by atoms with Crippen LogP contribution in [0, 0.1) is 0 Å². The molecule has 2 rings (SSSR count). The predicted octanol–water partition coefficient (Wildman–Crippen LogP) is 2.90.